The van der Waals surface area contributed by atoms with Crippen molar-refractivity contribution in [3.8, 4) is 11.5 Å². The zero-order valence-electron chi connectivity index (χ0n) is 15.4. The van der Waals surface area contributed by atoms with E-state index in [4.69, 9.17) is 16.3 Å². The summed E-state index contributed by atoms with van der Waals surface area (Å²) in [4.78, 5) is 4.62. The average molecular weight is 429 g/mol. The van der Waals surface area contributed by atoms with Gasteiger partial charge >= 0.3 is 0 Å². The maximum atomic E-state index is 11.6. The molecule has 0 bridgehead atoms. The smallest absolute Gasteiger partial charge is 0.246 e. The molecule has 0 aromatic heterocycles. The zero-order chi connectivity index (χ0) is 20.3. The number of anilines is 1. The summed E-state index contributed by atoms with van der Waals surface area (Å²) in [7, 11) is -3.53. The molecule has 0 aliphatic carbocycles. The Hall–Kier alpha value is -2.87. The van der Waals surface area contributed by atoms with Gasteiger partial charge in [-0.2, -0.15) is 4.99 Å². The molecule has 0 amide bonds. The van der Waals surface area contributed by atoms with E-state index >= 15 is 0 Å². The zero-order valence-corrected chi connectivity index (χ0v) is 17.0. The van der Waals surface area contributed by atoms with Gasteiger partial charge in [0, 0.05) is 6.07 Å². The lowest BCUT2D eigenvalue weighted by molar-refractivity contribution is -0.440. The topological polar surface area (TPSA) is 84.4 Å². The predicted molar refractivity (Wildman–Crippen MR) is 115 cm³/mol. The van der Waals surface area contributed by atoms with Gasteiger partial charge in [0.15, 0.2) is 5.69 Å². The molecule has 4 rings (SSSR count). The summed E-state index contributed by atoms with van der Waals surface area (Å²) in [6, 6.07) is 22.8. The van der Waals surface area contributed by atoms with Crippen LogP contribution in [-0.4, -0.2) is 19.5 Å². The van der Waals surface area contributed by atoms with Crippen molar-refractivity contribution in [1.82, 2.24) is 0 Å². The lowest BCUT2D eigenvalue weighted by Gasteiger charge is -2.06. The molecule has 29 heavy (non-hydrogen) atoms. The SMILES string of the molecule is O=S(=O)(CCl)Nc1ccc2c(c1)N=C(Cc1ccc(Oc3ccccc3)cc1)[NH2+]2. The maximum absolute atomic E-state index is 11.6. The van der Waals surface area contributed by atoms with Crippen LogP contribution in [0.3, 0.4) is 0 Å². The van der Waals surface area contributed by atoms with E-state index in [0.717, 1.165) is 34.3 Å². The normalized spacial score (nSPS) is 12.9. The molecule has 1 heterocycles. The van der Waals surface area contributed by atoms with Crippen LogP contribution in [0.15, 0.2) is 77.8 Å². The number of para-hydroxylation sites is 1. The number of hydrogen-bond acceptors (Lipinski definition) is 4. The van der Waals surface area contributed by atoms with Gasteiger partial charge < -0.3 is 4.74 Å². The number of hydrogen-bond donors (Lipinski definition) is 2. The van der Waals surface area contributed by atoms with E-state index in [9.17, 15) is 8.42 Å². The molecule has 0 atom stereocenters. The molecule has 6 nitrogen and oxygen atoms in total. The van der Waals surface area contributed by atoms with E-state index in [-0.39, 0.29) is 0 Å². The third-order valence-corrected chi connectivity index (χ3v) is 6.02. The number of benzene rings is 3. The first-order valence-electron chi connectivity index (χ1n) is 8.95. The molecular weight excluding hydrogens is 410 g/mol. The molecule has 0 saturated carbocycles. The number of halogens is 1. The fourth-order valence-corrected chi connectivity index (χ4v) is 3.70. The van der Waals surface area contributed by atoms with Crippen molar-refractivity contribution in [2.75, 3.05) is 9.93 Å². The van der Waals surface area contributed by atoms with Crippen LogP contribution >= 0.6 is 11.6 Å². The Labute approximate surface area is 174 Å². The van der Waals surface area contributed by atoms with Crippen molar-refractivity contribution < 1.29 is 18.5 Å². The molecule has 3 aromatic carbocycles. The van der Waals surface area contributed by atoms with Crippen molar-refractivity contribution in [1.29, 1.82) is 0 Å². The molecule has 0 fully saturated rings. The van der Waals surface area contributed by atoms with Gasteiger partial charge in [-0.1, -0.05) is 30.3 Å². The van der Waals surface area contributed by atoms with E-state index < -0.39 is 15.2 Å². The van der Waals surface area contributed by atoms with Crippen LogP contribution in [0.1, 0.15) is 5.56 Å². The van der Waals surface area contributed by atoms with E-state index in [1.165, 1.54) is 0 Å². The summed E-state index contributed by atoms with van der Waals surface area (Å²) in [6.07, 6.45) is 0.670. The fraction of sp³-hybridized carbons (Fsp3) is 0.0952. The Morgan fingerprint density at radius 3 is 2.41 bits per heavy atom. The lowest BCUT2D eigenvalue weighted by Crippen LogP contribution is -2.81. The summed E-state index contributed by atoms with van der Waals surface area (Å²) < 4.78 is 31.5. The quantitative estimate of drug-likeness (QED) is 0.442. The van der Waals surface area contributed by atoms with Gasteiger partial charge in [-0.05, 0) is 42.0 Å². The van der Waals surface area contributed by atoms with Crippen molar-refractivity contribution in [3.05, 3.63) is 78.4 Å². The van der Waals surface area contributed by atoms with Gasteiger partial charge in [-0.15, -0.1) is 11.6 Å². The highest BCUT2D eigenvalue weighted by Gasteiger charge is 2.21. The Balaban J connectivity index is 1.42. The fourth-order valence-electron chi connectivity index (χ4n) is 3.00. The highest BCUT2D eigenvalue weighted by atomic mass is 35.5. The number of nitrogens with zero attached hydrogens (tertiary/aromatic N) is 1. The molecular formula is C21H19ClN3O3S+. The average Bonchev–Trinajstić information content (AvgIpc) is 3.11. The van der Waals surface area contributed by atoms with E-state index in [2.05, 4.69) is 9.71 Å². The van der Waals surface area contributed by atoms with Crippen LogP contribution in [0.4, 0.5) is 17.1 Å². The Morgan fingerprint density at radius 2 is 1.69 bits per heavy atom. The lowest BCUT2D eigenvalue weighted by atomic mass is 10.1. The van der Waals surface area contributed by atoms with Crippen molar-refractivity contribution in [2.24, 2.45) is 4.99 Å². The first-order valence-corrected chi connectivity index (χ1v) is 11.1. The number of amidine groups is 1. The number of quaternary nitrogens is 1. The summed E-state index contributed by atoms with van der Waals surface area (Å²) in [5.41, 5.74) is 3.25. The van der Waals surface area contributed by atoms with Crippen LogP contribution in [0.2, 0.25) is 0 Å². The Kier molecular flexibility index (Phi) is 5.53. The number of rotatable bonds is 7. The van der Waals surface area contributed by atoms with Gasteiger partial charge in [0.05, 0.1) is 12.1 Å². The monoisotopic (exact) mass is 428 g/mol. The largest absolute Gasteiger partial charge is 0.457 e. The van der Waals surface area contributed by atoms with Gasteiger partial charge in [0.1, 0.15) is 22.4 Å². The van der Waals surface area contributed by atoms with Crippen molar-refractivity contribution in [3.63, 3.8) is 0 Å². The minimum Gasteiger partial charge on any atom is -0.457 e. The third-order valence-electron chi connectivity index (χ3n) is 4.32. The number of aliphatic imine (C=N–C) groups is 1. The molecule has 0 saturated heterocycles. The molecule has 148 valence electrons. The van der Waals surface area contributed by atoms with Gasteiger partial charge in [-0.25, -0.2) is 8.42 Å². The maximum Gasteiger partial charge on any atom is 0.246 e. The van der Waals surface area contributed by atoms with Crippen molar-refractivity contribution >= 4 is 44.5 Å². The summed E-state index contributed by atoms with van der Waals surface area (Å²) >= 11 is 5.44. The number of nitrogens with two attached hydrogens (primary N) is 1. The molecule has 1 aliphatic rings. The predicted octanol–water partition coefficient (Wildman–Crippen LogP) is 3.90. The number of ether oxygens (including phenoxy) is 1. The van der Waals surface area contributed by atoms with Crippen LogP contribution < -0.4 is 14.8 Å². The van der Waals surface area contributed by atoms with Gasteiger partial charge in [0.25, 0.3) is 0 Å². The minimum atomic E-state index is -3.53. The van der Waals surface area contributed by atoms with Crippen LogP contribution in [0, 0.1) is 0 Å². The third kappa shape index (κ3) is 4.95. The Morgan fingerprint density at radius 1 is 0.966 bits per heavy atom. The highest BCUT2D eigenvalue weighted by Crippen LogP contribution is 2.29. The highest BCUT2D eigenvalue weighted by molar-refractivity contribution is 7.93. The molecule has 0 spiro atoms. The van der Waals surface area contributed by atoms with Crippen LogP contribution in [-0.2, 0) is 16.4 Å². The minimum absolute atomic E-state index is 0.449. The second-order valence-corrected chi connectivity index (χ2v) is 8.89. The summed E-state index contributed by atoms with van der Waals surface area (Å²) in [6.45, 7) is 0. The molecule has 8 heteroatoms. The standard InChI is InChI=1S/C21H18ClN3O3S/c22-14-29(26,27)25-16-8-11-19-20(13-16)24-21(23-19)12-15-6-9-18(10-7-15)28-17-4-2-1-3-5-17/h1-11,13,25H,12,14H2,(H,23,24)/p+1. The number of alkyl halides is 1. The molecule has 1 aliphatic heterocycles. The number of nitrogens with one attached hydrogen (secondary N) is 1. The molecule has 3 N–H and O–H groups in total. The molecule has 3 aromatic rings. The van der Waals surface area contributed by atoms with E-state index in [1.807, 2.05) is 66.0 Å². The summed E-state index contributed by atoms with van der Waals surface area (Å²) in [5.74, 6) is 2.48. The second kappa shape index (κ2) is 8.24. The van der Waals surface area contributed by atoms with Crippen molar-refractivity contribution in [2.45, 2.75) is 6.42 Å². The molecule has 0 unspecified atom stereocenters. The first-order chi connectivity index (χ1) is 14.0. The van der Waals surface area contributed by atoms with Crippen LogP contribution in [0.25, 0.3) is 0 Å². The van der Waals surface area contributed by atoms with Gasteiger partial charge in [-0.3, -0.25) is 10.0 Å². The number of fused-ring (bicyclic) bond motifs is 1. The van der Waals surface area contributed by atoms with E-state index in [1.54, 1.807) is 12.1 Å². The van der Waals surface area contributed by atoms with Gasteiger partial charge in [0.2, 0.25) is 15.9 Å². The van der Waals surface area contributed by atoms with E-state index in [0.29, 0.717) is 12.1 Å². The summed E-state index contributed by atoms with van der Waals surface area (Å²) in [5, 5.41) is 1.51. The second-order valence-electron chi connectivity index (χ2n) is 6.58. The Bertz CT molecular complexity index is 1150. The number of sulfonamides is 1. The molecule has 0 radical (unpaired) electrons. The first kappa shape index (κ1) is 19.4. The van der Waals surface area contributed by atoms with Crippen LogP contribution in [0.5, 0.6) is 11.5 Å².